The van der Waals surface area contributed by atoms with Gasteiger partial charge in [0.25, 0.3) is 0 Å². The molecule has 112 valence electrons. The number of hydrogen-bond donors (Lipinski definition) is 2. The Balaban J connectivity index is 1.63. The van der Waals surface area contributed by atoms with E-state index in [1.165, 1.54) is 11.1 Å². The summed E-state index contributed by atoms with van der Waals surface area (Å²) in [5.74, 6) is 0.841. The van der Waals surface area contributed by atoms with Gasteiger partial charge in [0.1, 0.15) is 12.4 Å². The van der Waals surface area contributed by atoms with Gasteiger partial charge in [-0.05, 0) is 48.6 Å². The minimum Gasteiger partial charge on any atom is -0.492 e. The maximum Gasteiger partial charge on any atom is 0.315 e. The van der Waals surface area contributed by atoms with Gasteiger partial charge in [0.05, 0.1) is 13.1 Å². The van der Waals surface area contributed by atoms with Crippen LogP contribution in [-0.4, -0.2) is 19.2 Å². The normalized spacial score (nSPS) is 10.2. The first kappa shape index (κ1) is 15.4. The van der Waals surface area contributed by atoms with Crippen molar-refractivity contribution in [3.63, 3.8) is 0 Å². The summed E-state index contributed by atoms with van der Waals surface area (Å²) in [7, 11) is 0. The third-order valence-electron chi connectivity index (χ3n) is 2.85. The van der Waals surface area contributed by atoms with E-state index < -0.39 is 0 Å². The minimum absolute atomic E-state index is 0.174. The maximum atomic E-state index is 11.6. The summed E-state index contributed by atoms with van der Waals surface area (Å²) in [6, 6.07) is 9.87. The van der Waals surface area contributed by atoms with Crippen LogP contribution in [-0.2, 0) is 6.54 Å². The van der Waals surface area contributed by atoms with Crippen molar-refractivity contribution >= 4 is 17.4 Å². The lowest BCUT2D eigenvalue weighted by molar-refractivity contribution is 0.236. The highest BCUT2D eigenvalue weighted by Crippen LogP contribution is 2.15. The summed E-state index contributed by atoms with van der Waals surface area (Å²) in [5.41, 5.74) is 2.35. The molecule has 0 aliphatic rings. The highest BCUT2D eigenvalue weighted by atomic mass is 32.1. The van der Waals surface area contributed by atoms with Crippen LogP contribution in [0.25, 0.3) is 0 Å². The van der Waals surface area contributed by atoms with E-state index in [1.54, 1.807) is 11.3 Å². The molecular weight excluding hydrogens is 284 g/mol. The Bertz CT molecular complexity index is 562. The molecule has 2 amide bonds. The van der Waals surface area contributed by atoms with Crippen molar-refractivity contribution in [2.75, 3.05) is 13.2 Å². The van der Waals surface area contributed by atoms with Crippen LogP contribution in [0, 0.1) is 13.8 Å². The number of carbonyl (C=O) groups excluding carboxylic acids is 1. The zero-order chi connectivity index (χ0) is 15.1. The summed E-state index contributed by atoms with van der Waals surface area (Å²) in [4.78, 5) is 12.7. The Hall–Kier alpha value is -2.01. The SMILES string of the molecule is Cc1cc(C)cc(OCCNC(=O)NCc2cccs2)c1. The van der Waals surface area contributed by atoms with E-state index in [2.05, 4.69) is 16.7 Å². The van der Waals surface area contributed by atoms with E-state index in [9.17, 15) is 4.79 Å². The molecule has 0 aliphatic heterocycles. The number of thiophene rings is 1. The van der Waals surface area contributed by atoms with Gasteiger partial charge in [0, 0.05) is 4.88 Å². The molecule has 0 aliphatic carbocycles. The molecule has 2 N–H and O–H groups in total. The van der Waals surface area contributed by atoms with Crippen LogP contribution in [0.2, 0.25) is 0 Å². The summed E-state index contributed by atoms with van der Waals surface area (Å²) in [6.45, 7) is 5.56. The van der Waals surface area contributed by atoms with Crippen LogP contribution < -0.4 is 15.4 Å². The first-order valence-corrected chi connectivity index (χ1v) is 7.76. The van der Waals surface area contributed by atoms with Crippen molar-refractivity contribution in [2.24, 2.45) is 0 Å². The van der Waals surface area contributed by atoms with E-state index in [0.717, 1.165) is 10.6 Å². The molecule has 0 spiro atoms. The fourth-order valence-corrected chi connectivity index (χ4v) is 2.64. The molecule has 0 saturated carbocycles. The van der Waals surface area contributed by atoms with Crippen molar-refractivity contribution in [3.05, 3.63) is 51.7 Å². The second-order valence-corrected chi connectivity index (χ2v) is 5.89. The van der Waals surface area contributed by atoms with Crippen molar-refractivity contribution in [1.82, 2.24) is 10.6 Å². The van der Waals surface area contributed by atoms with E-state index >= 15 is 0 Å². The molecule has 0 unspecified atom stereocenters. The number of carbonyl (C=O) groups is 1. The predicted molar refractivity (Wildman–Crippen MR) is 86.0 cm³/mol. The fourth-order valence-electron chi connectivity index (χ4n) is 1.99. The molecule has 0 radical (unpaired) electrons. The maximum absolute atomic E-state index is 11.6. The van der Waals surface area contributed by atoms with E-state index in [0.29, 0.717) is 19.7 Å². The van der Waals surface area contributed by atoms with Crippen LogP contribution in [0.1, 0.15) is 16.0 Å². The molecule has 1 heterocycles. The van der Waals surface area contributed by atoms with Crippen LogP contribution in [0.4, 0.5) is 4.79 Å². The van der Waals surface area contributed by atoms with Gasteiger partial charge in [-0.2, -0.15) is 0 Å². The third-order valence-corrected chi connectivity index (χ3v) is 3.73. The summed E-state index contributed by atoms with van der Waals surface area (Å²) in [5, 5.41) is 7.57. The van der Waals surface area contributed by atoms with Gasteiger partial charge in [-0.15, -0.1) is 11.3 Å². The number of rotatable bonds is 6. The number of urea groups is 1. The van der Waals surface area contributed by atoms with Gasteiger partial charge in [-0.25, -0.2) is 4.79 Å². The second-order valence-electron chi connectivity index (χ2n) is 4.86. The molecule has 1 aromatic carbocycles. The van der Waals surface area contributed by atoms with Crippen LogP contribution in [0.5, 0.6) is 5.75 Å². The van der Waals surface area contributed by atoms with Gasteiger partial charge < -0.3 is 15.4 Å². The molecule has 0 atom stereocenters. The van der Waals surface area contributed by atoms with E-state index in [4.69, 9.17) is 4.74 Å². The smallest absolute Gasteiger partial charge is 0.315 e. The third kappa shape index (κ3) is 5.47. The lowest BCUT2D eigenvalue weighted by atomic mass is 10.1. The lowest BCUT2D eigenvalue weighted by Gasteiger charge is -2.10. The summed E-state index contributed by atoms with van der Waals surface area (Å²) < 4.78 is 5.63. The molecule has 2 rings (SSSR count). The number of amides is 2. The Morgan fingerprint density at radius 2 is 1.95 bits per heavy atom. The average Bonchev–Trinajstić information content (AvgIpc) is 2.93. The summed E-state index contributed by atoms with van der Waals surface area (Å²) in [6.07, 6.45) is 0. The largest absolute Gasteiger partial charge is 0.492 e. The Kier molecular flexibility index (Phi) is 5.63. The monoisotopic (exact) mass is 304 g/mol. The number of aryl methyl sites for hydroxylation is 2. The molecule has 2 aromatic rings. The lowest BCUT2D eigenvalue weighted by Crippen LogP contribution is -2.37. The Morgan fingerprint density at radius 3 is 2.62 bits per heavy atom. The Labute approximate surface area is 129 Å². The van der Waals surface area contributed by atoms with Crippen molar-refractivity contribution < 1.29 is 9.53 Å². The van der Waals surface area contributed by atoms with Gasteiger partial charge >= 0.3 is 6.03 Å². The Morgan fingerprint density at radius 1 is 1.19 bits per heavy atom. The van der Waals surface area contributed by atoms with Crippen LogP contribution >= 0.6 is 11.3 Å². The van der Waals surface area contributed by atoms with Gasteiger partial charge in [0.15, 0.2) is 0 Å². The van der Waals surface area contributed by atoms with Crippen molar-refractivity contribution in [3.8, 4) is 5.75 Å². The predicted octanol–water partition coefficient (Wildman–Crippen LogP) is 3.24. The van der Waals surface area contributed by atoms with Crippen molar-refractivity contribution in [1.29, 1.82) is 0 Å². The molecule has 1 aromatic heterocycles. The fraction of sp³-hybridized carbons (Fsp3) is 0.312. The highest BCUT2D eigenvalue weighted by molar-refractivity contribution is 7.09. The van der Waals surface area contributed by atoms with E-state index in [-0.39, 0.29) is 6.03 Å². The number of benzene rings is 1. The van der Waals surface area contributed by atoms with Gasteiger partial charge in [-0.1, -0.05) is 12.1 Å². The van der Waals surface area contributed by atoms with Gasteiger partial charge in [0.2, 0.25) is 0 Å². The quantitative estimate of drug-likeness (QED) is 0.805. The van der Waals surface area contributed by atoms with Gasteiger partial charge in [-0.3, -0.25) is 0 Å². The number of nitrogens with one attached hydrogen (secondary N) is 2. The average molecular weight is 304 g/mol. The van der Waals surface area contributed by atoms with Crippen molar-refractivity contribution in [2.45, 2.75) is 20.4 Å². The minimum atomic E-state index is -0.174. The molecule has 4 nitrogen and oxygen atoms in total. The number of hydrogen-bond acceptors (Lipinski definition) is 3. The first-order valence-electron chi connectivity index (χ1n) is 6.88. The molecule has 0 bridgehead atoms. The van der Waals surface area contributed by atoms with Crippen LogP contribution in [0.3, 0.4) is 0 Å². The van der Waals surface area contributed by atoms with Crippen LogP contribution in [0.15, 0.2) is 35.7 Å². The first-order chi connectivity index (χ1) is 10.1. The zero-order valence-corrected chi connectivity index (χ0v) is 13.1. The molecule has 21 heavy (non-hydrogen) atoms. The zero-order valence-electron chi connectivity index (χ0n) is 12.3. The topological polar surface area (TPSA) is 50.4 Å². The standard InChI is InChI=1S/C16H20N2O2S/c1-12-8-13(2)10-14(9-12)20-6-5-17-16(19)18-11-15-4-3-7-21-15/h3-4,7-10H,5-6,11H2,1-2H3,(H2,17,18,19). The summed E-state index contributed by atoms with van der Waals surface area (Å²) >= 11 is 1.63. The molecule has 5 heteroatoms. The highest BCUT2D eigenvalue weighted by Gasteiger charge is 2.01. The molecule has 0 fully saturated rings. The second kappa shape index (κ2) is 7.69. The molecular formula is C16H20N2O2S. The number of ether oxygens (including phenoxy) is 1. The molecule has 0 saturated heterocycles. The van der Waals surface area contributed by atoms with E-state index in [1.807, 2.05) is 43.5 Å².